The predicted octanol–water partition coefficient (Wildman–Crippen LogP) is 2.21. The largest absolute Gasteiger partial charge is 0.497 e. The van der Waals surface area contributed by atoms with Gasteiger partial charge in [0.15, 0.2) is 9.84 Å². The van der Waals surface area contributed by atoms with Crippen LogP contribution >= 0.6 is 11.8 Å². The minimum atomic E-state index is -2.99. The molecule has 2 rings (SSSR count). The van der Waals surface area contributed by atoms with Crippen molar-refractivity contribution >= 4 is 27.5 Å². The number of benzene rings is 1. The first-order valence-electron chi connectivity index (χ1n) is 7.68. The van der Waals surface area contributed by atoms with Crippen LogP contribution in [0.15, 0.2) is 29.2 Å². The van der Waals surface area contributed by atoms with Crippen LogP contribution in [0, 0.1) is 0 Å². The van der Waals surface area contributed by atoms with Gasteiger partial charge in [0.2, 0.25) is 5.91 Å². The maximum atomic E-state index is 12.7. The highest BCUT2D eigenvalue weighted by Crippen LogP contribution is 2.28. The average Bonchev–Trinajstić information content (AvgIpc) is 2.88. The van der Waals surface area contributed by atoms with Gasteiger partial charge in [-0.25, -0.2) is 8.42 Å². The Kier molecular flexibility index (Phi) is 5.97. The smallest absolute Gasteiger partial charge is 0.236 e. The van der Waals surface area contributed by atoms with E-state index >= 15 is 0 Å². The minimum Gasteiger partial charge on any atom is -0.497 e. The van der Waals surface area contributed by atoms with E-state index in [1.807, 2.05) is 38.1 Å². The molecule has 1 aromatic carbocycles. The number of rotatable bonds is 6. The van der Waals surface area contributed by atoms with Crippen molar-refractivity contribution in [3.63, 3.8) is 0 Å². The number of carbonyl (C=O) groups excluding carboxylic acids is 1. The Morgan fingerprint density at radius 2 is 2.04 bits per heavy atom. The van der Waals surface area contributed by atoms with Gasteiger partial charge in [-0.2, -0.15) is 0 Å². The summed E-state index contributed by atoms with van der Waals surface area (Å²) in [4.78, 5) is 15.4. The van der Waals surface area contributed by atoms with Gasteiger partial charge in [-0.1, -0.05) is 0 Å². The summed E-state index contributed by atoms with van der Waals surface area (Å²) in [7, 11) is -1.38. The molecule has 1 fully saturated rings. The Morgan fingerprint density at radius 3 is 2.52 bits per heavy atom. The molecule has 1 aromatic rings. The monoisotopic (exact) mass is 357 g/mol. The molecule has 1 aliphatic heterocycles. The molecule has 1 amide bonds. The highest BCUT2D eigenvalue weighted by Gasteiger charge is 2.35. The summed E-state index contributed by atoms with van der Waals surface area (Å²) in [5, 5.41) is -0.258. The molecule has 0 N–H and O–H groups in total. The fraction of sp³-hybridized carbons (Fsp3) is 0.562. The molecule has 2 atom stereocenters. The second-order valence-corrected chi connectivity index (χ2v) is 9.26. The second-order valence-electron chi connectivity index (χ2n) is 5.62. The molecular weight excluding hydrogens is 334 g/mol. The molecule has 0 aromatic heterocycles. The van der Waals surface area contributed by atoms with Gasteiger partial charge >= 0.3 is 0 Å². The van der Waals surface area contributed by atoms with Gasteiger partial charge in [0.25, 0.3) is 0 Å². The van der Waals surface area contributed by atoms with Gasteiger partial charge in [0.05, 0.1) is 23.9 Å². The molecule has 0 aliphatic carbocycles. The summed E-state index contributed by atoms with van der Waals surface area (Å²) in [6.07, 6.45) is 0.543. The van der Waals surface area contributed by atoms with E-state index in [0.717, 1.165) is 10.6 Å². The molecule has 7 heteroatoms. The molecule has 0 bridgehead atoms. The molecule has 5 nitrogen and oxygen atoms in total. The molecule has 0 radical (unpaired) electrons. The summed E-state index contributed by atoms with van der Waals surface area (Å²) in [5.41, 5.74) is 0. The number of nitrogens with zero attached hydrogens (tertiary/aromatic N) is 1. The average molecular weight is 357 g/mol. The maximum absolute atomic E-state index is 12.7. The zero-order valence-electron chi connectivity index (χ0n) is 13.7. The van der Waals surface area contributed by atoms with Crippen LogP contribution in [0.3, 0.4) is 0 Å². The van der Waals surface area contributed by atoms with Crippen molar-refractivity contribution < 1.29 is 17.9 Å². The summed E-state index contributed by atoms with van der Waals surface area (Å²) in [6, 6.07) is 7.38. The van der Waals surface area contributed by atoms with Crippen molar-refractivity contribution in [2.75, 3.05) is 25.2 Å². The summed E-state index contributed by atoms with van der Waals surface area (Å²) in [5.74, 6) is 1.05. The Balaban J connectivity index is 2.01. The fourth-order valence-electron chi connectivity index (χ4n) is 2.76. The third kappa shape index (κ3) is 4.64. The van der Waals surface area contributed by atoms with Crippen molar-refractivity contribution in [2.24, 2.45) is 0 Å². The zero-order chi connectivity index (χ0) is 17.0. The molecule has 1 saturated heterocycles. The van der Waals surface area contributed by atoms with E-state index in [1.165, 1.54) is 11.8 Å². The predicted molar refractivity (Wildman–Crippen MR) is 92.8 cm³/mol. The Hall–Kier alpha value is -1.21. The van der Waals surface area contributed by atoms with E-state index in [0.29, 0.717) is 13.0 Å². The first-order valence-corrected chi connectivity index (χ1v) is 10.4. The third-order valence-corrected chi connectivity index (χ3v) is 6.84. The molecule has 0 spiro atoms. The van der Waals surface area contributed by atoms with E-state index in [9.17, 15) is 13.2 Å². The van der Waals surface area contributed by atoms with Gasteiger partial charge < -0.3 is 9.64 Å². The van der Waals surface area contributed by atoms with Gasteiger partial charge in [0, 0.05) is 17.5 Å². The maximum Gasteiger partial charge on any atom is 0.236 e. The third-order valence-electron chi connectivity index (χ3n) is 3.99. The van der Waals surface area contributed by atoms with E-state index in [-0.39, 0.29) is 28.7 Å². The van der Waals surface area contributed by atoms with E-state index < -0.39 is 9.84 Å². The van der Waals surface area contributed by atoms with Crippen LogP contribution in [0.4, 0.5) is 0 Å². The van der Waals surface area contributed by atoms with Gasteiger partial charge in [-0.05, 0) is 44.5 Å². The lowest BCUT2D eigenvalue weighted by atomic mass is 10.2. The van der Waals surface area contributed by atoms with Crippen molar-refractivity contribution in [2.45, 2.75) is 36.5 Å². The van der Waals surface area contributed by atoms with Crippen LogP contribution in [0.25, 0.3) is 0 Å². The van der Waals surface area contributed by atoms with E-state index in [4.69, 9.17) is 4.74 Å². The summed E-state index contributed by atoms with van der Waals surface area (Å²) < 4.78 is 28.4. The lowest BCUT2D eigenvalue weighted by Gasteiger charge is -2.29. The van der Waals surface area contributed by atoms with Gasteiger partial charge in [-0.3, -0.25) is 4.79 Å². The number of carbonyl (C=O) groups is 1. The molecular formula is C16H23NO4S2. The summed E-state index contributed by atoms with van der Waals surface area (Å²) in [6.45, 7) is 4.30. The lowest BCUT2D eigenvalue weighted by Crippen LogP contribution is -2.44. The van der Waals surface area contributed by atoms with Crippen LogP contribution < -0.4 is 4.74 Å². The Labute approximate surface area is 142 Å². The molecule has 1 heterocycles. The van der Waals surface area contributed by atoms with Crippen LogP contribution in [-0.2, 0) is 14.6 Å². The highest BCUT2D eigenvalue weighted by molar-refractivity contribution is 8.00. The summed E-state index contributed by atoms with van der Waals surface area (Å²) >= 11 is 1.48. The van der Waals surface area contributed by atoms with Crippen molar-refractivity contribution in [3.05, 3.63) is 24.3 Å². The van der Waals surface area contributed by atoms with Gasteiger partial charge in [0.1, 0.15) is 5.75 Å². The standard InChI is InChI=1S/C16H23NO4S2/c1-4-17(13-9-10-23(19,20)11-13)16(18)12(2)22-15-7-5-14(21-3)6-8-15/h5-8,12-13H,4,9-11H2,1-3H3/t12-,13+/m1/s1. The van der Waals surface area contributed by atoms with Crippen LogP contribution in [0.5, 0.6) is 5.75 Å². The van der Waals surface area contributed by atoms with Crippen LogP contribution in [0.1, 0.15) is 20.3 Å². The van der Waals surface area contributed by atoms with Crippen molar-refractivity contribution in [1.29, 1.82) is 0 Å². The highest BCUT2D eigenvalue weighted by atomic mass is 32.2. The van der Waals surface area contributed by atoms with Crippen molar-refractivity contribution in [3.8, 4) is 5.75 Å². The SMILES string of the molecule is CCN(C(=O)[C@@H](C)Sc1ccc(OC)cc1)[C@H]1CCS(=O)(=O)C1. The number of hydrogen-bond donors (Lipinski definition) is 0. The topological polar surface area (TPSA) is 63.7 Å². The number of ether oxygens (including phenoxy) is 1. The van der Waals surface area contributed by atoms with Gasteiger partial charge in [-0.15, -0.1) is 11.8 Å². The van der Waals surface area contributed by atoms with Crippen LogP contribution in [0.2, 0.25) is 0 Å². The number of sulfone groups is 1. The van der Waals surface area contributed by atoms with E-state index in [2.05, 4.69) is 0 Å². The first-order chi connectivity index (χ1) is 10.9. The Morgan fingerprint density at radius 1 is 1.39 bits per heavy atom. The molecule has 128 valence electrons. The minimum absolute atomic E-state index is 0.00424. The number of amides is 1. The second kappa shape index (κ2) is 7.57. The fourth-order valence-corrected chi connectivity index (χ4v) is 5.43. The molecule has 23 heavy (non-hydrogen) atoms. The number of methoxy groups -OCH3 is 1. The zero-order valence-corrected chi connectivity index (χ0v) is 15.3. The molecule has 1 aliphatic rings. The number of thioether (sulfide) groups is 1. The van der Waals surface area contributed by atoms with Crippen molar-refractivity contribution in [1.82, 2.24) is 4.90 Å². The molecule has 0 saturated carbocycles. The molecule has 0 unspecified atom stereocenters. The lowest BCUT2D eigenvalue weighted by molar-refractivity contribution is -0.131. The Bertz CT molecular complexity index is 643. The first kappa shape index (κ1) is 18.1. The quantitative estimate of drug-likeness (QED) is 0.731. The van der Waals surface area contributed by atoms with E-state index in [1.54, 1.807) is 12.0 Å². The van der Waals surface area contributed by atoms with Crippen LogP contribution in [-0.4, -0.2) is 55.7 Å². The number of hydrogen-bond acceptors (Lipinski definition) is 5. The normalized spacial score (nSPS) is 20.9.